The van der Waals surface area contributed by atoms with Gasteiger partial charge in [0, 0.05) is 19.2 Å². The lowest BCUT2D eigenvalue weighted by Crippen LogP contribution is -2.56. The van der Waals surface area contributed by atoms with Gasteiger partial charge in [-0.2, -0.15) is 0 Å². The second kappa shape index (κ2) is 8.71. The molecule has 0 spiro atoms. The maximum absolute atomic E-state index is 11.8. The minimum Gasteiger partial charge on any atom is -0.377 e. The van der Waals surface area contributed by atoms with Gasteiger partial charge in [0.25, 0.3) is 0 Å². The van der Waals surface area contributed by atoms with Crippen molar-refractivity contribution in [2.75, 3.05) is 26.2 Å². The Labute approximate surface area is 129 Å². The molecule has 3 unspecified atom stereocenters. The number of carbonyl (C=O) groups excluding carboxylic acids is 1. The van der Waals surface area contributed by atoms with Crippen LogP contribution in [0.15, 0.2) is 0 Å². The molecule has 0 aromatic rings. The number of likely N-dealkylation sites (N-methyl/N-ethyl adjacent to an activating group) is 1. The molecule has 0 radical (unpaired) electrons. The van der Waals surface area contributed by atoms with Gasteiger partial charge >= 0.3 is 0 Å². The van der Waals surface area contributed by atoms with Gasteiger partial charge in [-0.1, -0.05) is 13.8 Å². The van der Waals surface area contributed by atoms with E-state index in [-0.39, 0.29) is 5.91 Å². The molecule has 3 N–H and O–H groups in total. The molecular weight excluding hydrogens is 266 g/mol. The molecule has 1 amide bonds. The van der Waals surface area contributed by atoms with Crippen molar-refractivity contribution in [2.24, 2.45) is 5.73 Å². The van der Waals surface area contributed by atoms with E-state index in [0.717, 1.165) is 51.9 Å². The second-order valence-corrected chi connectivity index (χ2v) is 6.40. The molecule has 21 heavy (non-hydrogen) atoms. The minimum atomic E-state index is -0.640. The van der Waals surface area contributed by atoms with E-state index in [1.807, 2.05) is 6.92 Å². The van der Waals surface area contributed by atoms with Gasteiger partial charge in [-0.05, 0) is 52.6 Å². The molecule has 5 heteroatoms. The fraction of sp³-hybridized carbons (Fsp3) is 0.938. The van der Waals surface area contributed by atoms with Crippen molar-refractivity contribution in [3.8, 4) is 0 Å². The first-order chi connectivity index (χ1) is 9.92. The van der Waals surface area contributed by atoms with E-state index in [4.69, 9.17) is 10.5 Å². The van der Waals surface area contributed by atoms with E-state index < -0.39 is 5.54 Å². The molecule has 1 aliphatic heterocycles. The first-order valence-corrected chi connectivity index (χ1v) is 8.33. The van der Waals surface area contributed by atoms with Crippen LogP contribution in [0.3, 0.4) is 0 Å². The van der Waals surface area contributed by atoms with E-state index in [1.165, 1.54) is 0 Å². The van der Waals surface area contributed by atoms with Crippen molar-refractivity contribution in [1.82, 2.24) is 10.2 Å². The molecule has 1 saturated heterocycles. The number of carbonyl (C=O) groups is 1. The summed E-state index contributed by atoms with van der Waals surface area (Å²) in [6.07, 6.45) is 4.36. The van der Waals surface area contributed by atoms with Gasteiger partial charge in [-0.3, -0.25) is 9.69 Å². The van der Waals surface area contributed by atoms with Gasteiger partial charge in [0.2, 0.25) is 5.91 Å². The number of hydrogen-bond acceptors (Lipinski definition) is 4. The quantitative estimate of drug-likeness (QED) is 0.641. The molecule has 1 rings (SSSR count). The van der Waals surface area contributed by atoms with E-state index in [2.05, 4.69) is 31.0 Å². The van der Waals surface area contributed by atoms with Crippen molar-refractivity contribution >= 4 is 5.91 Å². The van der Waals surface area contributed by atoms with Gasteiger partial charge in [-0.15, -0.1) is 0 Å². The molecule has 0 bridgehead atoms. The predicted molar refractivity (Wildman–Crippen MR) is 86.2 cm³/mol. The van der Waals surface area contributed by atoms with Crippen LogP contribution in [0.4, 0.5) is 0 Å². The Kier molecular flexibility index (Phi) is 7.63. The first kappa shape index (κ1) is 18.4. The number of rotatable bonds is 10. The average molecular weight is 299 g/mol. The third kappa shape index (κ3) is 5.57. The molecule has 5 nitrogen and oxygen atoms in total. The zero-order chi connectivity index (χ0) is 15.9. The molecular formula is C16H33N3O2. The molecule has 1 fully saturated rings. The first-order valence-electron chi connectivity index (χ1n) is 8.33. The SMILES string of the molecule is CCCNC(C)(CC(C)N(CC)CC1CCCO1)C(N)=O. The van der Waals surface area contributed by atoms with E-state index >= 15 is 0 Å². The summed E-state index contributed by atoms with van der Waals surface area (Å²) in [5, 5.41) is 3.32. The normalized spacial score (nSPS) is 23.2. The van der Waals surface area contributed by atoms with Crippen LogP contribution < -0.4 is 11.1 Å². The van der Waals surface area contributed by atoms with Crippen molar-refractivity contribution < 1.29 is 9.53 Å². The van der Waals surface area contributed by atoms with Gasteiger partial charge < -0.3 is 15.8 Å². The summed E-state index contributed by atoms with van der Waals surface area (Å²) in [7, 11) is 0. The molecule has 0 aromatic carbocycles. The Hall–Kier alpha value is -0.650. The van der Waals surface area contributed by atoms with Crippen molar-refractivity contribution in [2.45, 2.75) is 71.1 Å². The minimum absolute atomic E-state index is 0.268. The number of nitrogens with zero attached hydrogens (tertiary/aromatic N) is 1. The summed E-state index contributed by atoms with van der Waals surface area (Å²) in [6.45, 7) is 11.9. The summed E-state index contributed by atoms with van der Waals surface area (Å²) < 4.78 is 5.73. The number of amides is 1. The largest absolute Gasteiger partial charge is 0.377 e. The zero-order valence-corrected chi connectivity index (χ0v) is 14.2. The van der Waals surface area contributed by atoms with Crippen molar-refractivity contribution in [1.29, 1.82) is 0 Å². The Morgan fingerprint density at radius 1 is 1.52 bits per heavy atom. The summed E-state index contributed by atoms with van der Waals surface area (Å²) >= 11 is 0. The lowest BCUT2D eigenvalue weighted by atomic mass is 9.91. The van der Waals surface area contributed by atoms with Crippen molar-refractivity contribution in [3.05, 3.63) is 0 Å². The Morgan fingerprint density at radius 3 is 2.71 bits per heavy atom. The third-order valence-corrected chi connectivity index (χ3v) is 4.50. The predicted octanol–water partition coefficient (Wildman–Crippen LogP) is 1.51. The highest BCUT2D eigenvalue weighted by molar-refractivity contribution is 5.84. The zero-order valence-electron chi connectivity index (χ0n) is 14.2. The summed E-state index contributed by atoms with van der Waals surface area (Å²) in [6, 6.07) is 0.293. The third-order valence-electron chi connectivity index (χ3n) is 4.50. The summed E-state index contributed by atoms with van der Waals surface area (Å²) in [5.74, 6) is -0.268. The lowest BCUT2D eigenvalue weighted by Gasteiger charge is -2.36. The summed E-state index contributed by atoms with van der Waals surface area (Å²) in [5.41, 5.74) is 4.98. The second-order valence-electron chi connectivity index (χ2n) is 6.40. The number of nitrogens with two attached hydrogens (primary N) is 1. The Balaban J connectivity index is 2.60. The van der Waals surface area contributed by atoms with Crippen LogP contribution in [0, 0.1) is 0 Å². The maximum atomic E-state index is 11.8. The van der Waals surface area contributed by atoms with Crippen LogP contribution in [-0.4, -0.2) is 54.7 Å². The smallest absolute Gasteiger partial charge is 0.237 e. The molecule has 0 saturated carbocycles. The molecule has 3 atom stereocenters. The van der Waals surface area contributed by atoms with Crippen LogP contribution in [0.1, 0.15) is 53.4 Å². The monoisotopic (exact) mass is 299 g/mol. The van der Waals surface area contributed by atoms with E-state index in [1.54, 1.807) is 0 Å². The van der Waals surface area contributed by atoms with Crippen LogP contribution in [0.2, 0.25) is 0 Å². The lowest BCUT2D eigenvalue weighted by molar-refractivity contribution is -0.124. The fourth-order valence-electron chi connectivity index (χ4n) is 3.05. The molecule has 1 heterocycles. The summed E-state index contributed by atoms with van der Waals surface area (Å²) in [4.78, 5) is 14.2. The van der Waals surface area contributed by atoms with Crippen LogP contribution in [0.5, 0.6) is 0 Å². The standard InChI is InChI=1S/C16H33N3O2/c1-5-9-18-16(4,15(17)20)11-13(3)19(6-2)12-14-8-7-10-21-14/h13-14,18H,5-12H2,1-4H3,(H2,17,20). The van der Waals surface area contributed by atoms with Crippen LogP contribution >= 0.6 is 0 Å². The highest BCUT2D eigenvalue weighted by Gasteiger charge is 2.34. The van der Waals surface area contributed by atoms with Crippen molar-refractivity contribution in [3.63, 3.8) is 0 Å². The van der Waals surface area contributed by atoms with E-state index in [9.17, 15) is 4.79 Å². The van der Waals surface area contributed by atoms with E-state index in [0.29, 0.717) is 12.1 Å². The number of nitrogens with one attached hydrogen (secondary N) is 1. The van der Waals surface area contributed by atoms with Gasteiger partial charge in [-0.25, -0.2) is 0 Å². The highest BCUT2D eigenvalue weighted by Crippen LogP contribution is 2.19. The van der Waals surface area contributed by atoms with Crippen LogP contribution in [-0.2, 0) is 9.53 Å². The fourth-order valence-corrected chi connectivity index (χ4v) is 3.05. The molecule has 0 aromatic heterocycles. The Bertz CT molecular complexity index is 319. The Morgan fingerprint density at radius 2 is 2.24 bits per heavy atom. The molecule has 0 aliphatic carbocycles. The topological polar surface area (TPSA) is 67.6 Å². The van der Waals surface area contributed by atoms with Gasteiger partial charge in [0.05, 0.1) is 11.6 Å². The molecule has 124 valence electrons. The number of ether oxygens (including phenoxy) is 1. The average Bonchev–Trinajstić information content (AvgIpc) is 2.95. The highest BCUT2D eigenvalue weighted by atomic mass is 16.5. The molecule has 1 aliphatic rings. The van der Waals surface area contributed by atoms with Gasteiger partial charge in [0.1, 0.15) is 0 Å². The van der Waals surface area contributed by atoms with Gasteiger partial charge in [0.15, 0.2) is 0 Å². The number of hydrogen-bond donors (Lipinski definition) is 2. The maximum Gasteiger partial charge on any atom is 0.237 e. The number of primary amides is 1. The van der Waals surface area contributed by atoms with Crippen LogP contribution in [0.25, 0.3) is 0 Å².